The van der Waals surface area contributed by atoms with Crippen molar-refractivity contribution in [3.05, 3.63) is 35.2 Å². The van der Waals surface area contributed by atoms with Gasteiger partial charge in [-0.05, 0) is 28.3 Å². The minimum atomic E-state index is -0.545. The minimum absolute atomic E-state index is 0.135. The van der Waals surface area contributed by atoms with E-state index < -0.39 is 12.0 Å². The number of thiophene rings is 1. The number of rotatable bonds is 8. The van der Waals surface area contributed by atoms with Gasteiger partial charge >= 0.3 is 6.09 Å². The van der Waals surface area contributed by atoms with Gasteiger partial charge in [-0.2, -0.15) is 5.26 Å². The first kappa shape index (κ1) is 19.7. The summed E-state index contributed by atoms with van der Waals surface area (Å²) in [5, 5.41) is 17.0. The highest BCUT2D eigenvalue weighted by Gasteiger charge is 2.24. The first-order chi connectivity index (χ1) is 12.5. The molecular formula is C19H23N3O3S. The molecule has 0 bridgehead atoms. The molecule has 1 aromatic carbocycles. The number of nitrogens with one attached hydrogen (secondary N) is 2. The number of nitrogens with zero attached hydrogens (tertiary/aromatic N) is 1. The van der Waals surface area contributed by atoms with Crippen molar-refractivity contribution >= 4 is 33.4 Å². The summed E-state index contributed by atoms with van der Waals surface area (Å²) in [6.45, 7) is 4.65. The molecule has 0 spiro atoms. The summed E-state index contributed by atoms with van der Waals surface area (Å²) in [4.78, 5) is 24.5. The number of carbonyl (C=O) groups excluding carboxylic acids is 2. The van der Waals surface area contributed by atoms with Gasteiger partial charge < -0.3 is 15.4 Å². The van der Waals surface area contributed by atoms with E-state index in [1.807, 2.05) is 49.6 Å². The van der Waals surface area contributed by atoms with Crippen LogP contribution in [0.2, 0.25) is 0 Å². The van der Waals surface area contributed by atoms with Crippen molar-refractivity contribution in [3.63, 3.8) is 0 Å². The Morgan fingerprint density at radius 3 is 2.77 bits per heavy atom. The number of fused-ring (bicyclic) bond motifs is 1. The van der Waals surface area contributed by atoms with E-state index in [0.29, 0.717) is 6.61 Å². The standard InChI is InChI=1S/C19H23N3O3S/c1-13(2)11-25-19(24)22-10-15(18(23)21-9-5-8-20)16-12-26-17-7-4-3-6-14(16)17/h3-4,6-7,12-13,15H,5,9-11H2,1-2H3,(H,21,23)(H,22,24). The highest BCUT2D eigenvalue weighted by molar-refractivity contribution is 7.17. The van der Waals surface area contributed by atoms with Gasteiger partial charge in [-0.25, -0.2) is 4.79 Å². The summed E-state index contributed by atoms with van der Waals surface area (Å²) < 4.78 is 6.20. The Hall–Kier alpha value is -2.59. The van der Waals surface area contributed by atoms with Gasteiger partial charge in [0, 0.05) is 17.8 Å². The van der Waals surface area contributed by atoms with Crippen LogP contribution in [0.25, 0.3) is 10.1 Å². The van der Waals surface area contributed by atoms with Gasteiger partial charge in [0.2, 0.25) is 5.91 Å². The fourth-order valence-electron chi connectivity index (χ4n) is 2.46. The van der Waals surface area contributed by atoms with Gasteiger partial charge in [0.1, 0.15) is 0 Å². The molecule has 1 atom stereocenters. The summed E-state index contributed by atoms with van der Waals surface area (Å²) in [7, 11) is 0. The number of carbonyl (C=O) groups is 2. The first-order valence-electron chi connectivity index (χ1n) is 8.54. The first-order valence-corrected chi connectivity index (χ1v) is 9.42. The molecule has 2 rings (SSSR count). The minimum Gasteiger partial charge on any atom is -0.449 e. The molecule has 0 saturated carbocycles. The van der Waals surface area contributed by atoms with Crippen LogP contribution in [0.1, 0.15) is 31.7 Å². The van der Waals surface area contributed by atoms with Crippen LogP contribution < -0.4 is 10.6 Å². The van der Waals surface area contributed by atoms with Crippen LogP contribution in [0.3, 0.4) is 0 Å². The van der Waals surface area contributed by atoms with E-state index in [9.17, 15) is 9.59 Å². The number of ether oxygens (including phenoxy) is 1. The summed E-state index contributed by atoms with van der Waals surface area (Å²) in [5.41, 5.74) is 0.865. The Morgan fingerprint density at radius 1 is 1.27 bits per heavy atom. The molecule has 2 amide bonds. The maximum absolute atomic E-state index is 12.6. The Morgan fingerprint density at radius 2 is 2.04 bits per heavy atom. The molecule has 0 aliphatic rings. The smallest absolute Gasteiger partial charge is 0.407 e. The highest BCUT2D eigenvalue weighted by atomic mass is 32.1. The quantitative estimate of drug-likeness (QED) is 0.694. The third kappa shape index (κ3) is 5.46. The summed E-state index contributed by atoms with van der Waals surface area (Å²) in [6, 6.07) is 9.84. The summed E-state index contributed by atoms with van der Waals surface area (Å²) >= 11 is 1.56. The lowest BCUT2D eigenvalue weighted by Crippen LogP contribution is -2.38. The average Bonchev–Trinajstić information content (AvgIpc) is 3.04. The van der Waals surface area contributed by atoms with Gasteiger partial charge in [-0.15, -0.1) is 11.3 Å². The van der Waals surface area contributed by atoms with Crippen molar-refractivity contribution in [3.8, 4) is 6.07 Å². The van der Waals surface area contributed by atoms with Gasteiger partial charge in [0.25, 0.3) is 0 Å². The van der Waals surface area contributed by atoms with Gasteiger partial charge in [0.15, 0.2) is 0 Å². The lowest BCUT2D eigenvalue weighted by Gasteiger charge is -2.17. The Kier molecular flexibility index (Phi) is 7.42. The van der Waals surface area contributed by atoms with Crippen molar-refractivity contribution in [2.75, 3.05) is 19.7 Å². The van der Waals surface area contributed by atoms with E-state index in [1.165, 1.54) is 0 Å². The predicted molar refractivity (Wildman–Crippen MR) is 102 cm³/mol. The van der Waals surface area contributed by atoms with E-state index in [0.717, 1.165) is 15.6 Å². The lowest BCUT2D eigenvalue weighted by atomic mass is 9.97. The number of benzene rings is 1. The summed E-state index contributed by atoms with van der Waals surface area (Å²) in [5.74, 6) is -0.518. The molecule has 2 aromatic rings. The second kappa shape index (κ2) is 9.78. The molecule has 26 heavy (non-hydrogen) atoms. The third-order valence-corrected chi connectivity index (χ3v) is 4.72. The van der Waals surface area contributed by atoms with Crippen LogP contribution in [0.4, 0.5) is 4.79 Å². The van der Waals surface area contributed by atoms with E-state index in [-0.39, 0.29) is 31.3 Å². The Bertz CT molecular complexity index is 795. The maximum Gasteiger partial charge on any atom is 0.407 e. The van der Waals surface area contributed by atoms with Crippen LogP contribution in [0.5, 0.6) is 0 Å². The molecule has 1 aromatic heterocycles. The van der Waals surface area contributed by atoms with Crippen LogP contribution in [-0.4, -0.2) is 31.7 Å². The highest BCUT2D eigenvalue weighted by Crippen LogP contribution is 2.31. The van der Waals surface area contributed by atoms with E-state index in [2.05, 4.69) is 10.6 Å². The maximum atomic E-state index is 12.6. The SMILES string of the molecule is CC(C)COC(=O)NCC(C(=O)NCCC#N)c1csc2ccccc12. The van der Waals surface area contributed by atoms with Crippen LogP contribution in [-0.2, 0) is 9.53 Å². The molecular weight excluding hydrogens is 350 g/mol. The molecule has 0 aliphatic heterocycles. The van der Waals surface area contributed by atoms with Gasteiger partial charge in [-0.3, -0.25) is 4.79 Å². The number of alkyl carbamates (subject to hydrolysis) is 1. The molecule has 0 aliphatic carbocycles. The lowest BCUT2D eigenvalue weighted by molar-refractivity contribution is -0.122. The third-order valence-electron chi connectivity index (χ3n) is 3.74. The number of amides is 2. The molecule has 0 saturated heterocycles. The van der Waals surface area contributed by atoms with Crippen molar-refractivity contribution in [1.82, 2.24) is 10.6 Å². The fraction of sp³-hybridized carbons (Fsp3) is 0.421. The molecule has 7 heteroatoms. The average molecular weight is 373 g/mol. The number of hydrogen-bond donors (Lipinski definition) is 2. The number of hydrogen-bond acceptors (Lipinski definition) is 5. The van der Waals surface area contributed by atoms with Crippen molar-refractivity contribution in [2.24, 2.45) is 5.92 Å². The molecule has 138 valence electrons. The Balaban J connectivity index is 2.13. The van der Waals surface area contributed by atoms with E-state index in [4.69, 9.17) is 10.00 Å². The molecule has 6 nitrogen and oxygen atoms in total. The van der Waals surface area contributed by atoms with Gasteiger partial charge in [-0.1, -0.05) is 32.0 Å². The largest absolute Gasteiger partial charge is 0.449 e. The Labute approximate surface area is 157 Å². The zero-order chi connectivity index (χ0) is 18.9. The van der Waals surface area contributed by atoms with Crippen LogP contribution in [0, 0.1) is 17.2 Å². The second-order valence-electron chi connectivity index (χ2n) is 6.31. The zero-order valence-corrected chi connectivity index (χ0v) is 15.8. The molecule has 0 radical (unpaired) electrons. The van der Waals surface area contributed by atoms with Crippen LogP contribution >= 0.6 is 11.3 Å². The fourth-order valence-corrected chi connectivity index (χ4v) is 3.47. The molecule has 2 N–H and O–H groups in total. The topological polar surface area (TPSA) is 91.2 Å². The zero-order valence-electron chi connectivity index (χ0n) is 15.0. The monoisotopic (exact) mass is 373 g/mol. The van der Waals surface area contributed by atoms with E-state index >= 15 is 0 Å². The molecule has 1 heterocycles. The van der Waals surface area contributed by atoms with Gasteiger partial charge in [0.05, 0.1) is 25.0 Å². The molecule has 0 fully saturated rings. The number of nitriles is 1. The second-order valence-corrected chi connectivity index (χ2v) is 7.22. The van der Waals surface area contributed by atoms with Crippen molar-refractivity contribution in [1.29, 1.82) is 5.26 Å². The van der Waals surface area contributed by atoms with E-state index in [1.54, 1.807) is 11.3 Å². The summed E-state index contributed by atoms with van der Waals surface area (Å²) in [6.07, 6.45) is -0.291. The molecule has 1 unspecified atom stereocenters. The normalized spacial score (nSPS) is 11.8. The predicted octanol–water partition coefficient (Wildman–Crippen LogP) is 3.40. The van der Waals surface area contributed by atoms with Crippen molar-refractivity contribution in [2.45, 2.75) is 26.2 Å². The van der Waals surface area contributed by atoms with Crippen LogP contribution in [0.15, 0.2) is 29.6 Å². The van der Waals surface area contributed by atoms with Crippen molar-refractivity contribution < 1.29 is 14.3 Å².